The van der Waals surface area contributed by atoms with Gasteiger partial charge in [0.25, 0.3) is 0 Å². The van der Waals surface area contributed by atoms with Gasteiger partial charge in [0.15, 0.2) is 0 Å². The normalized spacial score (nSPS) is 17.6. The monoisotopic (exact) mass is 211 g/mol. The fourth-order valence-electron chi connectivity index (χ4n) is 1.50. The number of hydrogen-bond donors (Lipinski definition) is 2. The van der Waals surface area contributed by atoms with Gasteiger partial charge in [-0.1, -0.05) is 12.1 Å². The van der Waals surface area contributed by atoms with Gasteiger partial charge in [0.05, 0.1) is 4.91 Å². The predicted molar refractivity (Wildman–Crippen MR) is 52.3 cm³/mol. The van der Waals surface area contributed by atoms with Crippen LogP contribution in [0.15, 0.2) is 28.0 Å². The van der Waals surface area contributed by atoms with Crippen molar-refractivity contribution in [3.63, 3.8) is 0 Å². The summed E-state index contributed by atoms with van der Waals surface area (Å²) in [6.07, 6.45) is 1.49. The van der Waals surface area contributed by atoms with Crippen LogP contribution in [0.25, 0.3) is 6.08 Å². The van der Waals surface area contributed by atoms with Crippen molar-refractivity contribution in [1.29, 1.82) is 0 Å². The number of aromatic hydroxyl groups is 1. The van der Waals surface area contributed by atoms with E-state index in [2.05, 4.69) is 0 Å². The summed E-state index contributed by atoms with van der Waals surface area (Å²) in [5, 5.41) is 9.43. The van der Waals surface area contributed by atoms with Gasteiger partial charge in [-0.25, -0.2) is 8.42 Å². The summed E-state index contributed by atoms with van der Waals surface area (Å²) < 4.78 is 23.5. The van der Waals surface area contributed by atoms with Crippen molar-refractivity contribution in [2.75, 3.05) is 6.54 Å². The Hall–Kier alpha value is -1.33. The molecule has 0 spiro atoms. The van der Waals surface area contributed by atoms with Crippen LogP contribution < -0.4 is 5.73 Å². The van der Waals surface area contributed by atoms with E-state index in [1.807, 2.05) is 0 Å². The molecule has 1 aliphatic rings. The summed E-state index contributed by atoms with van der Waals surface area (Å²) in [7, 11) is -3.54. The molecule has 3 N–H and O–H groups in total. The molecule has 2 rings (SSSR count). The molecule has 1 aliphatic heterocycles. The van der Waals surface area contributed by atoms with Gasteiger partial charge >= 0.3 is 0 Å². The maximum Gasteiger partial charge on any atom is 0.208 e. The topological polar surface area (TPSA) is 80.4 Å². The average molecular weight is 211 g/mol. The van der Waals surface area contributed by atoms with Crippen molar-refractivity contribution in [2.45, 2.75) is 4.90 Å². The lowest BCUT2D eigenvalue weighted by Crippen LogP contribution is -2.10. The molecule has 0 unspecified atom stereocenters. The van der Waals surface area contributed by atoms with Crippen LogP contribution in [0.4, 0.5) is 0 Å². The van der Waals surface area contributed by atoms with Crippen LogP contribution in [-0.2, 0) is 9.84 Å². The molecule has 14 heavy (non-hydrogen) atoms. The van der Waals surface area contributed by atoms with Crippen molar-refractivity contribution >= 4 is 15.9 Å². The Bertz CT molecular complexity index is 517. The molecule has 0 aromatic heterocycles. The highest BCUT2D eigenvalue weighted by Gasteiger charge is 2.31. The van der Waals surface area contributed by atoms with E-state index in [4.69, 9.17) is 5.73 Å². The van der Waals surface area contributed by atoms with E-state index < -0.39 is 9.84 Å². The zero-order valence-corrected chi connectivity index (χ0v) is 8.08. The minimum atomic E-state index is -3.54. The number of hydrogen-bond acceptors (Lipinski definition) is 4. The maximum absolute atomic E-state index is 11.7. The quantitative estimate of drug-likeness (QED) is 0.708. The van der Waals surface area contributed by atoms with Crippen LogP contribution in [0, 0.1) is 0 Å². The smallest absolute Gasteiger partial charge is 0.208 e. The first-order valence-electron chi connectivity index (χ1n) is 4.05. The fraction of sp³-hybridized carbons (Fsp3) is 0.111. The van der Waals surface area contributed by atoms with Gasteiger partial charge in [-0.05, 0) is 17.7 Å². The summed E-state index contributed by atoms with van der Waals surface area (Å²) >= 11 is 0. The van der Waals surface area contributed by atoms with Gasteiger partial charge in [0, 0.05) is 6.54 Å². The minimum Gasteiger partial charge on any atom is -0.507 e. The summed E-state index contributed by atoms with van der Waals surface area (Å²) in [5.74, 6) is -0.220. The van der Waals surface area contributed by atoms with E-state index in [-0.39, 0.29) is 22.1 Å². The number of nitrogens with two attached hydrogens (primary N) is 1. The van der Waals surface area contributed by atoms with Crippen LogP contribution in [-0.4, -0.2) is 20.1 Å². The number of sulfone groups is 1. The molecule has 0 aliphatic carbocycles. The molecule has 0 saturated carbocycles. The van der Waals surface area contributed by atoms with Crippen molar-refractivity contribution in [1.82, 2.24) is 0 Å². The molecule has 0 bridgehead atoms. The van der Waals surface area contributed by atoms with E-state index in [0.29, 0.717) is 5.56 Å². The van der Waals surface area contributed by atoms with E-state index in [9.17, 15) is 13.5 Å². The standard InChI is InChI=1S/C9H9NO3S/c10-5-7-4-6-2-1-3-8(11)9(6)14(7,12)13/h1-4,11H,5,10H2. The first-order chi connectivity index (χ1) is 6.57. The van der Waals surface area contributed by atoms with Gasteiger partial charge in [0.1, 0.15) is 10.6 Å². The molecule has 0 fully saturated rings. The van der Waals surface area contributed by atoms with E-state index in [1.54, 1.807) is 12.1 Å². The minimum absolute atomic E-state index is 0.0274. The molecule has 0 saturated heterocycles. The number of fused-ring (bicyclic) bond motifs is 1. The number of benzene rings is 1. The Kier molecular flexibility index (Phi) is 1.87. The lowest BCUT2D eigenvalue weighted by atomic mass is 10.2. The molecule has 5 heteroatoms. The molecule has 1 aromatic rings. The molecule has 0 radical (unpaired) electrons. The molecule has 4 nitrogen and oxygen atoms in total. The van der Waals surface area contributed by atoms with E-state index in [1.165, 1.54) is 12.1 Å². The van der Waals surface area contributed by atoms with Crippen LogP contribution in [0.1, 0.15) is 5.56 Å². The third-order valence-electron chi connectivity index (χ3n) is 2.16. The van der Waals surface area contributed by atoms with Crippen LogP contribution in [0.2, 0.25) is 0 Å². The Labute approximate surface area is 81.6 Å². The van der Waals surface area contributed by atoms with Crippen LogP contribution in [0.3, 0.4) is 0 Å². The summed E-state index contributed by atoms with van der Waals surface area (Å²) in [6.45, 7) is -0.0452. The molecule has 0 atom stereocenters. The number of phenols is 1. The second-order valence-corrected chi connectivity index (χ2v) is 4.95. The molecule has 0 amide bonds. The van der Waals surface area contributed by atoms with Gasteiger partial charge in [0.2, 0.25) is 9.84 Å². The highest BCUT2D eigenvalue weighted by atomic mass is 32.2. The maximum atomic E-state index is 11.7. The predicted octanol–water partition coefficient (Wildman–Crippen LogP) is 0.479. The van der Waals surface area contributed by atoms with Crippen molar-refractivity contribution in [3.05, 3.63) is 28.7 Å². The zero-order valence-electron chi connectivity index (χ0n) is 7.27. The van der Waals surface area contributed by atoms with Gasteiger partial charge in [-0.15, -0.1) is 0 Å². The van der Waals surface area contributed by atoms with Crippen molar-refractivity contribution < 1.29 is 13.5 Å². The zero-order chi connectivity index (χ0) is 10.3. The first-order valence-corrected chi connectivity index (χ1v) is 5.53. The van der Waals surface area contributed by atoms with Gasteiger partial charge < -0.3 is 10.8 Å². The second-order valence-electron chi connectivity index (χ2n) is 3.01. The first kappa shape index (κ1) is 9.23. The van der Waals surface area contributed by atoms with Crippen molar-refractivity contribution in [3.8, 4) is 5.75 Å². The average Bonchev–Trinajstić information content (AvgIpc) is 2.38. The molecule has 1 aromatic carbocycles. The molecular weight excluding hydrogens is 202 g/mol. The fourth-order valence-corrected chi connectivity index (χ4v) is 3.04. The summed E-state index contributed by atoms with van der Waals surface area (Å²) in [6, 6.07) is 4.58. The second kappa shape index (κ2) is 2.83. The Morgan fingerprint density at radius 2 is 2.07 bits per heavy atom. The number of phenolic OH excluding ortho intramolecular Hbond substituents is 1. The van der Waals surface area contributed by atoms with Gasteiger partial charge in [-0.3, -0.25) is 0 Å². The molecule has 74 valence electrons. The number of rotatable bonds is 1. The lowest BCUT2D eigenvalue weighted by Gasteiger charge is -2.02. The van der Waals surface area contributed by atoms with Crippen LogP contribution >= 0.6 is 0 Å². The summed E-state index contributed by atoms with van der Waals surface area (Å²) in [5.41, 5.74) is 5.81. The molecular formula is C9H9NO3S. The van der Waals surface area contributed by atoms with E-state index in [0.717, 1.165) is 0 Å². The Morgan fingerprint density at radius 1 is 1.36 bits per heavy atom. The highest BCUT2D eigenvalue weighted by molar-refractivity contribution is 7.96. The third-order valence-corrected chi connectivity index (χ3v) is 4.11. The van der Waals surface area contributed by atoms with Gasteiger partial charge in [-0.2, -0.15) is 0 Å². The Morgan fingerprint density at radius 3 is 2.64 bits per heavy atom. The van der Waals surface area contributed by atoms with E-state index >= 15 is 0 Å². The molecule has 1 heterocycles. The van der Waals surface area contributed by atoms with Crippen molar-refractivity contribution in [2.24, 2.45) is 5.73 Å². The highest BCUT2D eigenvalue weighted by Crippen LogP contribution is 2.37. The lowest BCUT2D eigenvalue weighted by molar-refractivity contribution is 0.459. The largest absolute Gasteiger partial charge is 0.507 e. The third kappa shape index (κ3) is 1.06. The Balaban J connectivity index is 2.78. The summed E-state index contributed by atoms with van der Waals surface area (Å²) in [4.78, 5) is 0.120. The SMILES string of the molecule is NCC1=Cc2cccc(O)c2S1(=O)=O. The van der Waals surface area contributed by atoms with Crippen LogP contribution in [0.5, 0.6) is 5.75 Å².